The van der Waals surface area contributed by atoms with Crippen LogP contribution in [-0.4, -0.2) is 24.2 Å². The number of aromatic amines is 1. The van der Waals surface area contributed by atoms with E-state index in [-0.39, 0.29) is 5.56 Å². The lowest BCUT2D eigenvalue weighted by Gasteiger charge is -2.10. The Balaban J connectivity index is 2.33. The third-order valence-electron chi connectivity index (χ3n) is 3.60. The molecule has 5 nitrogen and oxygen atoms in total. The summed E-state index contributed by atoms with van der Waals surface area (Å²) in [6, 6.07) is 11.2. The fourth-order valence-corrected chi connectivity index (χ4v) is 2.46. The summed E-state index contributed by atoms with van der Waals surface area (Å²) in [5.41, 5.74) is 2.24. The lowest BCUT2D eigenvalue weighted by molar-refractivity contribution is 0.397. The van der Waals surface area contributed by atoms with E-state index < -0.39 is 0 Å². The van der Waals surface area contributed by atoms with E-state index in [2.05, 4.69) is 9.97 Å². The number of nitrogens with one attached hydrogen (secondary N) is 1. The van der Waals surface area contributed by atoms with E-state index in [1.54, 1.807) is 19.2 Å². The Bertz CT molecular complexity index is 900. The molecule has 0 bridgehead atoms. The standard InChI is InChI=1S/C17H16N2O3/c1-10-6-4-5-7-12(10)16-18-13-8-11(21-2)9-14(22-3)15(13)17(20)19-16/h4-9H,1-3H3,(H,18,19,20). The van der Waals surface area contributed by atoms with Gasteiger partial charge in [0.25, 0.3) is 5.56 Å². The van der Waals surface area contributed by atoms with E-state index in [0.717, 1.165) is 11.1 Å². The molecule has 1 aromatic heterocycles. The number of ether oxygens (including phenoxy) is 2. The van der Waals surface area contributed by atoms with Gasteiger partial charge in [0.05, 0.1) is 19.7 Å². The van der Waals surface area contributed by atoms with Crippen molar-refractivity contribution in [2.45, 2.75) is 6.92 Å². The molecular formula is C17H16N2O3. The smallest absolute Gasteiger partial charge is 0.262 e. The number of fused-ring (bicyclic) bond motifs is 1. The number of aryl methyl sites for hydroxylation is 1. The molecule has 0 spiro atoms. The van der Waals surface area contributed by atoms with Crippen LogP contribution in [0.25, 0.3) is 22.3 Å². The maximum atomic E-state index is 12.4. The average molecular weight is 296 g/mol. The minimum Gasteiger partial charge on any atom is -0.497 e. The van der Waals surface area contributed by atoms with Crippen molar-refractivity contribution in [1.29, 1.82) is 0 Å². The SMILES string of the molecule is COc1cc(OC)c2c(=O)[nH]c(-c3ccccc3C)nc2c1. The molecule has 0 amide bonds. The van der Waals surface area contributed by atoms with Gasteiger partial charge in [-0.2, -0.15) is 0 Å². The first kappa shape index (κ1) is 14.1. The quantitative estimate of drug-likeness (QED) is 0.807. The summed E-state index contributed by atoms with van der Waals surface area (Å²) in [6.45, 7) is 1.98. The zero-order chi connectivity index (χ0) is 15.7. The monoisotopic (exact) mass is 296 g/mol. The van der Waals surface area contributed by atoms with Gasteiger partial charge in [-0.1, -0.05) is 24.3 Å². The summed E-state index contributed by atoms with van der Waals surface area (Å²) >= 11 is 0. The van der Waals surface area contributed by atoms with Crippen molar-refractivity contribution in [2.24, 2.45) is 0 Å². The summed E-state index contributed by atoms with van der Waals surface area (Å²) < 4.78 is 10.5. The number of rotatable bonds is 3. The molecule has 0 saturated heterocycles. The number of aromatic nitrogens is 2. The molecule has 1 N–H and O–H groups in total. The highest BCUT2D eigenvalue weighted by molar-refractivity contribution is 5.87. The molecule has 2 aromatic carbocycles. The van der Waals surface area contributed by atoms with E-state index in [4.69, 9.17) is 9.47 Å². The summed E-state index contributed by atoms with van der Waals surface area (Å²) in [7, 11) is 3.08. The largest absolute Gasteiger partial charge is 0.497 e. The normalized spacial score (nSPS) is 10.7. The summed E-state index contributed by atoms with van der Waals surface area (Å²) in [4.78, 5) is 19.8. The van der Waals surface area contributed by atoms with Crippen LogP contribution < -0.4 is 15.0 Å². The molecule has 3 aromatic rings. The van der Waals surface area contributed by atoms with Crippen LogP contribution in [0.3, 0.4) is 0 Å². The van der Waals surface area contributed by atoms with Crippen LogP contribution in [0.1, 0.15) is 5.56 Å². The first-order valence-electron chi connectivity index (χ1n) is 6.86. The van der Waals surface area contributed by atoms with Gasteiger partial charge >= 0.3 is 0 Å². The van der Waals surface area contributed by atoms with E-state index in [0.29, 0.717) is 28.2 Å². The van der Waals surface area contributed by atoms with Crippen LogP contribution in [0.15, 0.2) is 41.2 Å². The van der Waals surface area contributed by atoms with Gasteiger partial charge in [-0.3, -0.25) is 4.79 Å². The van der Waals surface area contributed by atoms with Crippen LogP contribution in [-0.2, 0) is 0 Å². The van der Waals surface area contributed by atoms with Crippen molar-refractivity contribution in [1.82, 2.24) is 9.97 Å². The Morgan fingerprint density at radius 2 is 1.86 bits per heavy atom. The summed E-state index contributed by atoms with van der Waals surface area (Å²) in [6.07, 6.45) is 0. The number of methoxy groups -OCH3 is 2. The zero-order valence-electron chi connectivity index (χ0n) is 12.6. The zero-order valence-corrected chi connectivity index (χ0v) is 12.6. The van der Waals surface area contributed by atoms with Crippen molar-refractivity contribution >= 4 is 10.9 Å². The van der Waals surface area contributed by atoms with Gasteiger partial charge in [0.1, 0.15) is 22.7 Å². The van der Waals surface area contributed by atoms with Crippen LogP contribution in [0, 0.1) is 6.92 Å². The number of hydrogen-bond donors (Lipinski definition) is 1. The van der Waals surface area contributed by atoms with Crippen LogP contribution >= 0.6 is 0 Å². The Morgan fingerprint density at radius 3 is 2.55 bits per heavy atom. The molecule has 5 heteroatoms. The van der Waals surface area contributed by atoms with Gasteiger partial charge < -0.3 is 14.5 Å². The molecule has 0 aliphatic rings. The maximum absolute atomic E-state index is 12.4. The van der Waals surface area contributed by atoms with Gasteiger partial charge in [-0.25, -0.2) is 4.98 Å². The highest BCUT2D eigenvalue weighted by Crippen LogP contribution is 2.29. The highest BCUT2D eigenvalue weighted by atomic mass is 16.5. The number of H-pyrrole nitrogens is 1. The molecule has 0 aliphatic heterocycles. The van der Waals surface area contributed by atoms with Crippen molar-refractivity contribution < 1.29 is 9.47 Å². The molecule has 0 atom stereocenters. The number of nitrogens with zero attached hydrogens (tertiary/aromatic N) is 1. The third-order valence-corrected chi connectivity index (χ3v) is 3.60. The molecule has 1 heterocycles. The Morgan fingerprint density at radius 1 is 1.09 bits per heavy atom. The molecule has 0 fully saturated rings. The van der Waals surface area contributed by atoms with Gasteiger partial charge in [-0.05, 0) is 12.5 Å². The minimum absolute atomic E-state index is 0.234. The van der Waals surface area contributed by atoms with Gasteiger partial charge in [-0.15, -0.1) is 0 Å². The molecule has 0 aliphatic carbocycles. The molecule has 3 rings (SSSR count). The fourth-order valence-electron chi connectivity index (χ4n) is 2.46. The Kier molecular flexibility index (Phi) is 3.55. The van der Waals surface area contributed by atoms with E-state index in [1.807, 2.05) is 31.2 Å². The average Bonchev–Trinajstić information content (AvgIpc) is 2.53. The minimum atomic E-state index is -0.234. The topological polar surface area (TPSA) is 64.2 Å². The second-order valence-electron chi connectivity index (χ2n) is 4.95. The lowest BCUT2D eigenvalue weighted by Crippen LogP contribution is -2.11. The predicted octanol–water partition coefficient (Wildman–Crippen LogP) is 2.92. The predicted molar refractivity (Wildman–Crippen MR) is 85.6 cm³/mol. The Labute approximate surface area is 127 Å². The van der Waals surface area contributed by atoms with Crippen LogP contribution in [0.4, 0.5) is 0 Å². The van der Waals surface area contributed by atoms with Crippen molar-refractivity contribution in [3.05, 3.63) is 52.3 Å². The fraction of sp³-hybridized carbons (Fsp3) is 0.176. The van der Waals surface area contributed by atoms with Crippen molar-refractivity contribution in [3.63, 3.8) is 0 Å². The first-order valence-corrected chi connectivity index (χ1v) is 6.86. The molecular weight excluding hydrogens is 280 g/mol. The third kappa shape index (κ3) is 2.30. The van der Waals surface area contributed by atoms with Gasteiger partial charge in [0, 0.05) is 17.7 Å². The molecule has 22 heavy (non-hydrogen) atoms. The summed E-state index contributed by atoms with van der Waals surface area (Å²) in [5, 5.41) is 0.417. The molecule has 0 saturated carbocycles. The molecule has 0 unspecified atom stereocenters. The van der Waals surface area contributed by atoms with Crippen molar-refractivity contribution in [3.8, 4) is 22.9 Å². The second-order valence-corrected chi connectivity index (χ2v) is 4.95. The summed E-state index contributed by atoms with van der Waals surface area (Å²) in [5.74, 6) is 1.57. The highest BCUT2D eigenvalue weighted by Gasteiger charge is 2.13. The van der Waals surface area contributed by atoms with E-state index in [9.17, 15) is 4.79 Å². The second kappa shape index (κ2) is 5.52. The lowest BCUT2D eigenvalue weighted by atomic mass is 10.1. The van der Waals surface area contributed by atoms with Crippen molar-refractivity contribution in [2.75, 3.05) is 14.2 Å². The van der Waals surface area contributed by atoms with E-state index in [1.165, 1.54) is 7.11 Å². The van der Waals surface area contributed by atoms with Crippen LogP contribution in [0.5, 0.6) is 11.5 Å². The number of benzene rings is 2. The van der Waals surface area contributed by atoms with Gasteiger partial charge in [0.2, 0.25) is 0 Å². The van der Waals surface area contributed by atoms with Gasteiger partial charge in [0.15, 0.2) is 0 Å². The Hall–Kier alpha value is -2.82. The van der Waals surface area contributed by atoms with E-state index >= 15 is 0 Å². The maximum Gasteiger partial charge on any atom is 0.262 e. The number of hydrogen-bond acceptors (Lipinski definition) is 4. The first-order chi connectivity index (χ1) is 10.6. The molecule has 112 valence electrons. The van der Waals surface area contributed by atoms with Crippen LogP contribution in [0.2, 0.25) is 0 Å². The molecule has 0 radical (unpaired) electrons.